The van der Waals surface area contributed by atoms with E-state index in [2.05, 4.69) is 31.3 Å². The van der Waals surface area contributed by atoms with Crippen molar-refractivity contribution in [1.82, 2.24) is 5.32 Å². The maximum atomic E-state index is 10.9. The minimum Gasteiger partial charge on any atom is -0.481 e. The van der Waals surface area contributed by atoms with Crippen molar-refractivity contribution in [3.63, 3.8) is 0 Å². The number of carbonyl (C=O) groups is 1. The van der Waals surface area contributed by atoms with Crippen LogP contribution in [-0.4, -0.2) is 23.2 Å². The summed E-state index contributed by atoms with van der Waals surface area (Å²) in [5.41, 5.74) is 1.24. The predicted octanol–water partition coefficient (Wildman–Crippen LogP) is 2.71. The molecule has 2 N–H and O–H groups in total. The maximum Gasteiger partial charge on any atom is 0.306 e. The van der Waals surface area contributed by atoms with Gasteiger partial charge in [0.05, 0.1) is 5.92 Å². The van der Waals surface area contributed by atoms with E-state index in [9.17, 15) is 4.79 Å². The summed E-state index contributed by atoms with van der Waals surface area (Å²) < 4.78 is 0. The van der Waals surface area contributed by atoms with Crippen LogP contribution in [0.25, 0.3) is 0 Å². The molecule has 0 heterocycles. The lowest BCUT2D eigenvalue weighted by atomic mass is 9.95. The van der Waals surface area contributed by atoms with Crippen molar-refractivity contribution in [2.24, 2.45) is 5.92 Å². The Kier molecular flexibility index (Phi) is 5.86. The highest BCUT2D eigenvalue weighted by atomic mass is 16.4. The van der Waals surface area contributed by atoms with Crippen molar-refractivity contribution in [2.45, 2.75) is 45.7 Å². The molecule has 1 aromatic carbocycles. The molecule has 0 saturated carbocycles. The van der Waals surface area contributed by atoms with E-state index in [1.54, 1.807) is 6.92 Å². The molecule has 0 aromatic heterocycles. The van der Waals surface area contributed by atoms with E-state index in [0.29, 0.717) is 12.5 Å². The Bertz CT molecular complexity index is 362. The minimum absolute atomic E-state index is 0.207. The van der Waals surface area contributed by atoms with E-state index in [-0.39, 0.29) is 12.0 Å². The van der Waals surface area contributed by atoms with Crippen LogP contribution in [0.15, 0.2) is 30.3 Å². The molecule has 1 rings (SSSR count). The molecule has 2 atom stereocenters. The van der Waals surface area contributed by atoms with Gasteiger partial charge >= 0.3 is 5.97 Å². The van der Waals surface area contributed by atoms with Crippen LogP contribution in [0.4, 0.5) is 0 Å². The van der Waals surface area contributed by atoms with E-state index in [1.807, 2.05) is 18.2 Å². The standard InChI is InChI=1S/C15H23NO2/c1-11(2)16-14(9-12(3)15(17)18)10-13-7-5-4-6-8-13/h4-8,11-12,14,16H,9-10H2,1-3H3,(H,17,18)/t12-,14+/m0/s1. The van der Waals surface area contributed by atoms with Crippen molar-refractivity contribution in [3.05, 3.63) is 35.9 Å². The van der Waals surface area contributed by atoms with E-state index in [0.717, 1.165) is 6.42 Å². The summed E-state index contributed by atoms with van der Waals surface area (Å²) in [7, 11) is 0. The molecule has 0 fully saturated rings. The Morgan fingerprint density at radius 3 is 2.33 bits per heavy atom. The first-order chi connectivity index (χ1) is 8.49. The molecule has 100 valence electrons. The molecule has 0 aliphatic heterocycles. The van der Waals surface area contributed by atoms with Crippen LogP contribution in [0.2, 0.25) is 0 Å². The van der Waals surface area contributed by atoms with Crippen LogP contribution >= 0.6 is 0 Å². The molecular weight excluding hydrogens is 226 g/mol. The molecule has 0 aliphatic rings. The number of nitrogens with one attached hydrogen (secondary N) is 1. The fourth-order valence-corrected chi connectivity index (χ4v) is 2.11. The first kappa shape index (κ1) is 14.7. The van der Waals surface area contributed by atoms with Crippen LogP contribution in [0, 0.1) is 5.92 Å². The van der Waals surface area contributed by atoms with Gasteiger partial charge in [-0.15, -0.1) is 0 Å². The third-order valence-electron chi connectivity index (χ3n) is 2.95. The van der Waals surface area contributed by atoms with Crippen LogP contribution < -0.4 is 5.32 Å². The molecule has 0 radical (unpaired) electrons. The second-order valence-electron chi connectivity index (χ2n) is 5.18. The van der Waals surface area contributed by atoms with Crippen molar-refractivity contribution in [3.8, 4) is 0 Å². The van der Waals surface area contributed by atoms with E-state index >= 15 is 0 Å². The lowest BCUT2D eigenvalue weighted by Crippen LogP contribution is -2.38. The lowest BCUT2D eigenvalue weighted by Gasteiger charge is -2.23. The molecule has 0 amide bonds. The first-order valence-corrected chi connectivity index (χ1v) is 6.51. The SMILES string of the molecule is CC(C)N[C@@H](Cc1ccccc1)C[C@H](C)C(=O)O. The Morgan fingerprint density at radius 1 is 1.22 bits per heavy atom. The summed E-state index contributed by atoms with van der Waals surface area (Å²) in [5, 5.41) is 12.5. The number of hydrogen-bond donors (Lipinski definition) is 2. The summed E-state index contributed by atoms with van der Waals surface area (Å²) in [6.45, 7) is 5.94. The molecule has 0 bridgehead atoms. The van der Waals surface area contributed by atoms with Gasteiger partial charge in [0.2, 0.25) is 0 Å². The Balaban J connectivity index is 2.63. The summed E-state index contributed by atoms with van der Waals surface area (Å²) in [5.74, 6) is -1.04. The van der Waals surface area contributed by atoms with Gasteiger partial charge < -0.3 is 10.4 Å². The zero-order chi connectivity index (χ0) is 13.5. The van der Waals surface area contributed by atoms with Gasteiger partial charge in [0.1, 0.15) is 0 Å². The maximum absolute atomic E-state index is 10.9. The minimum atomic E-state index is -0.724. The molecule has 0 aliphatic carbocycles. The average molecular weight is 249 g/mol. The van der Waals surface area contributed by atoms with Crippen molar-refractivity contribution < 1.29 is 9.90 Å². The van der Waals surface area contributed by atoms with E-state index < -0.39 is 5.97 Å². The monoisotopic (exact) mass is 249 g/mol. The number of carboxylic acids is 1. The van der Waals surface area contributed by atoms with Crippen LogP contribution in [0.3, 0.4) is 0 Å². The topological polar surface area (TPSA) is 49.3 Å². The molecule has 18 heavy (non-hydrogen) atoms. The highest BCUT2D eigenvalue weighted by Crippen LogP contribution is 2.12. The Labute approximate surface area is 109 Å². The number of aliphatic carboxylic acids is 1. The van der Waals surface area contributed by atoms with Crippen molar-refractivity contribution >= 4 is 5.97 Å². The molecule has 0 saturated heterocycles. The zero-order valence-corrected chi connectivity index (χ0v) is 11.4. The molecule has 3 heteroatoms. The highest BCUT2D eigenvalue weighted by Gasteiger charge is 2.19. The van der Waals surface area contributed by atoms with Crippen LogP contribution in [0.1, 0.15) is 32.8 Å². The third-order valence-corrected chi connectivity index (χ3v) is 2.95. The molecule has 0 spiro atoms. The largest absolute Gasteiger partial charge is 0.481 e. The quantitative estimate of drug-likeness (QED) is 0.781. The van der Waals surface area contributed by atoms with Crippen molar-refractivity contribution in [2.75, 3.05) is 0 Å². The second-order valence-corrected chi connectivity index (χ2v) is 5.18. The first-order valence-electron chi connectivity index (χ1n) is 6.51. The smallest absolute Gasteiger partial charge is 0.306 e. The Hall–Kier alpha value is -1.35. The van der Waals surface area contributed by atoms with E-state index in [1.165, 1.54) is 5.56 Å². The summed E-state index contributed by atoms with van der Waals surface area (Å²) >= 11 is 0. The zero-order valence-electron chi connectivity index (χ0n) is 11.4. The van der Waals surface area contributed by atoms with Gasteiger partial charge in [0, 0.05) is 12.1 Å². The van der Waals surface area contributed by atoms with Gasteiger partial charge in [-0.25, -0.2) is 0 Å². The van der Waals surface area contributed by atoms with E-state index in [4.69, 9.17) is 5.11 Å². The third kappa shape index (κ3) is 5.32. The van der Waals surface area contributed by atoms with Gasteiger partial charge in [0.15, 0.2) is 0 Å². The van der Waals surface area contributed by atoms with Gasteiger partial charge in [-0.1, -0.05) is 51.1 Å². The summed E-state index contributed by atoms with van der Waals surface area (Å²) in [4.78, 5) is 10.9. The molecule has 1 aromatic rings. The predicted molar refractivity (Wildman–Crippen MR) is 73.6 cm³/mol. The summed E-state index contributed by atoms with van der Waals surface area (Å²) in [6, 6.07) is 10.8. The number of hydrogen-bond acceptors (Lipinski definition) is 2. The van der Waals surface area contributed by atoms with Crippen LogP contribution in [0.5, 0.6) is 0 Å². The van der Waals surface area contributed by atoms with Gasteiger partial charge in [-0.2, -0.15) is 0 Å². The second kappa shape index (κ2) is 7.17. The van der Waals surface area contributed by atoms with Crippen LogP contribution in [-0.2, 0) is 11.2 Å². The fraction of sp³-hybridized carbons (Fsp3) is 0.533. The Morgan fingerprint density at radius 2 is 1.83 bits per heavy atom. The lowest BCUT2D eigenvalue weighted by molar-refractivity contribution is -0.141. The highest BCUT2D eigenvalue weighted by molar-refractivity contribution is 5.69. The molecule has 0 unspecified atom stereocenters. The average Bonchev–Trinajstić information content (AvgIpc) is 2.29. The number of carboxylic acid groups (broad SMARTS) is 1. The van der Waals surface area contributed by atoms with Gasteiger partial charge in [-0.3, -0.25) is 4.79 Å². The van der Waals surface area contributed by atoms with Gasteiger partial charge in [0.25, 0.3) is 0 Å². The molecule has 3 nitrogen and oxygen atoms in total. The van der Waals surface area contributed by atoms with Gasteiger partial charge in [-0.05, 0) is 18.4 Å². The number of benzene rings is 1. The number of rotatable bonds is 7. The molecular formula is C15H23NO2. The summed E-state index contributed by atoms with van der Waals surface area (Å²) in [6.07, 6.45) is 1.53. The normalized spacial score (nSPS) is 14.4. The fourth-order valence-electron chi connectivity index (χ4n) is 2.11. The van der Waals surface area contributed by atoms with Crippen molar-refractivity contribution in [1.29, 1.82) is 0 Å².